The average molecular weight is 469 g/mol. The number of hydrogen-bond acceptors (Lipinski definition) is 6. The fraction of sp³-hybridized carbons (Fsp3) is 0.250. The number of fused-ring (bicyclic) bond motifs is 1. The summed E-state index contributed by atoms with van der Waals surface area (Å²) >= 11 is 5.95. The smallest absolute Gasteiger partial charge is 0.338 e. The van der Waals surface area contributed by atoms with Crippen molar-refractivity contribution < 1.29 is 28.7 Å². The maximum Gasteiger partial charge on any atom is 0.338 e. The maximum atomic E-state index is 12.8. The van der Waals surface area contributed by atoms with Crippen molar-refractivity contribution in [3.63, 3.8) is 0 Å². The molecule has 170 valence electrons. The lowest BCUT2D eigenvalue weighted by Gasteiger charge is -2.15. The van der Waals surface area contributed by atoms with Crippen LogP contribution in [0.25, 0.3) is 0 Å². The molecule has 2 aromatic rings. The van der Waals surface area contributed by atoms with Crippen LogP contribution in [0.3, 0.4) is 0 Å². The summed E-state index contributed by atoms with van der Waals surface area (Å²) in [4.78, 5) is 51.5. The molecule has 0 aromatic heterocycles. The number of rotatable bonds is 6. The van der Waals surface area contributed by atoms with Crippen LogP contribution < -0.4 is 15.0 Å². The summed E-state index contributed by atoms with van der Waals surface area (Å²) in [5, 5.41) is 2.98. The normalized spacial score (nSPS) is 19.3. The Morgan fingerprint density at radius 3 is 2.42 bits per heavy atom. The number of amides is 3. The molecule has 1 N–H and O–H groups in total. The maximum absolute atomic E-state index is 12.8. The van der Waals surface area contributed by atoms with E-state index in [2.05, 4.69) is 5.32 Å². The van der Waals surface area contributed by atoms with Crippen LogP contribution in [0.4, 0.5) is 11.4 Å². The Hall–Kier alpha value is -3.65. The fourth-order valence-electron chi connectivity index (χ4n) is 4.01. The number of hydrogen-bond donors (Lipinski definition) is 1. The molecule has 8 nitrogen and oxygen atoms in total. The molecular weight excluding hydrogens is 448 g/mol. The van der Waals surface area contributed by atoms with E-state index < -0.39 is 18.5 Å². The number of nitrogens with zero attached hydrogens (tertiary/aromatic N) is 1. The second kappa shape index (κ2) is 9.46. The molecule has 1 saturated heterocycles. The van der Waals surface area contributed by atoms with Gasteiger partial charge in [-0.2, -0.15) is 0 Å². The van der Waals surface area contributed by atoms with Gasteiger partial charge in [0.05, 0.1) is 35.9 Å². The molecule has 2 aliphatic rings. The van der Waals surface area contributed by atoms with E-state index in [0.29, 0.717) is 35.0 Å². The van der Waals surface area contributed by atoms with Gasteiger partial charge in [-0.1, -0.05) is 29.8 Å². The molecule has 1 aliphatic carbocycles. The Morgan fingerprint density at radius 1 is 1.06 bits per heavy atom. The minimum atomic E-state index is -0.761. The van der Waals surface area contributed by atoms with Gasteiger partial charge in [-0.25, -0.2) is 4.79 Å². The van der Waals surface area contributed by atoms with E-state index in [4.69, 9.17) is 21.1 Å². The molecule has 1 aliphatic heterocycles. The highest BCUT2D eigenvalue weighted by Crippen LogP contribution is 2.37. The summed E-state index contributed by atoms with van der Waals surface area (Å²) in [5.41, 5.74) is 0.770. The highest BCUT2D eigenvalue weighted by atomic mass is 35.5. The van der Waals surface area contributed by atoms with E-state index in [1.165, 1.54) is 25.3 Å². The first-order valence-electron chi connectivity index (χ1n) is 10.3. The van der Waals surface area contributed by atoms with E-state index in [1.807, 2.05) is 12.2 Å². The van der Waals surface area contributed by atoms with Crippen LogP contribution in [0, 0.1) is 11.8 Å². The van der Waals surface area contributed by atoms with Crippen LogP contribution in [-0.2, 0) is 19.1 Å². The first kappa shape index (κ1) is 22.5. The molecule has 4 rings (SSSR count). The zero-order chi connectivity index (χ0) is 23.5. The number of carbonyl (C=O) groups excluding carboxylic acids is 4. The topological polar surface area (TPSA) is 102 Å². The SMILES string of the molecule is COc1ccc(Cl)cc1NC(=O)COC(=O)c1cccc(N2C(=O)[C@@H]3CC=CC[C@H]3C2=O)c1. The number of methoxy groups -OCH3 is 1. The molecule has 0 spiro atoms. The minimum Gasteiger partial charge on any atom is -0.495 e. The van der Waals surface area contributed by atoms with Crippen molar-refractivity contribution in [3.05, 3.63) is 65.2 Å². The lowest BCUT2D eigenvalue weighted by atomic mass is 9.85. The molecule has 0 bridgehead atoms. The molecule has 1 fully saturated rings. The molecule has 2 atom stereocenters. The van der Waals surface area contributed by atoms with Crippen molar-refractivity contribution in [1.82, 2.24) is 0 Å². The second-order valence-electron chi connectivity index (χ2n) is 7.69. The summed E-state index contributed by atoms with van der Waals surface area (Å²) in [7, 11) is 1.45. The van der Waals surface area contributed by atoms with E-state index in [1.54, 1.807) is 24.3 Å². The van der Waals surface area contributed by atoms with Gasteiger partial charge < -0.3 is 14.8 Å². The molecule has 9 heteroatoms. The third kappa shape index (κ3) is 4.61. The van der Waals surface area contributed by atoms with Crippen molar-refractivity contribution in [3.8, 4) is 5.75 Å². The number of anilines is 2. The first-order chi connectivity index (χ1) is 15.9. The van der Waals surface area contributed by atoms with Gasteiger partial charge in [0.15, 0.2) is 6.61 Å². The number of allylic oxidation sites excluding steroid dienone is 2. The van der Waals surface area contributed by atoms with Crippen LogP contribution in [0.1, 0.15) is 23.2 Å². The van der Waals surface area contributed by atoms with E-state index in [9.17, 15) is 19.2 Å². The molecular formula is C24H21ClN2O6. The number of imide groups is 1. The summed E-state index contributed by atoms with van der Waals surface area (Å²) in [6, 6.07) is 10.8. The largest absolute Gasteiger partial charge is 0.495 e. The van der Waals surface area contributed by atoms with Crippen LogP contribution in [-0.4, -0.2) is 37.4 Å². The number of nitrogens with one attached hydrogen (secondary N) is 1. The summed E-state index contributed by atoms with van der Waals surface area (Å²) in [5.74, 6) is -2.22. The van der Waals surface area contributed by atoms with Gasteiger partial charge >= 0.3 is 5.97 Å². The molecule has 2 aromatic carbocycles. The Morgan fingerprint density at radius 2 is 1.76 bits per heavy atom. The molecule has 0 saturated carbocycles. The average Bonchev–Trinajstić information content (AvgIpc) is 3.08. The zero-order valence-corrected chi connectivity index (χ0v) is 18.5. The van der Waals surface area contributed by atoms with Crippen LogP contribution in [0.15, 0.2) is 54.6 Å². The number of esters is 1. The van der Waals surface area contributed by atoms with Crippen molar-refractivity contribution in [2.75, 3.05) is 23.9 Å². The van der Waals surface area contributed by atoms with Crippen molar-refractivity contribution in [2.45, 2.75) is 12.8 Å². The predicted octanol–water partition coefficient (Wildman–Crippen LogP) is 3.60. The van der Waals surface area contributed by atoms with Crippen molar-refractivity contribution in [1.29, 1.82) is 0 Å². The monoisotopic (exact) mass is 468 g/mol. The van der Waals surface area contributed by atoms with Crippen molar-refractivity contribution in [2.24, 2.45) is 11.8 Å². The summed E-state index contributed by atoms with van der Waals surface area (Å²) in [6.07, 6.45) is 4.88. The van der Waals surface area contributed by atoms with Gasteiger partial charge in [0.2, 0.25) is 11.8 Å². The lowest BCUT2D eigenvalue weighted by molar-refractivity contribution is -0.122. The van der Waals surface area contributed by atoms with E-state index >= 15 is 0 Å². The number of halogens is 1. The Kier molecular flexibility index (Phi) is 6.46. The number of ether oxygens (including phenoxy) is 2. The molecule has 3 amide bonds. The fourth-order valence-corrected chi connectivity index (χ4v) is 4.18. The van der Waals surface area contributed by atoms with Crippen LogP contribution in [0.2, 0.25) is 5.02 Å². The second-order valence-corrected chi connectivity index (χ2v) is 8.12. The summed E-state index contributed by atoms with van der Waals surface area (Å²) in [6.45, 7) is -0.546. The minimum absolute atomic E-state index is 0.120. The first-order valence-corrected chi connectivity index (χ1v) is 10.7. The van der Waals surface area contributed by atoms with E-state index in [-0.39, 0.29) is 29.2 Å². The highest BCUT2D eigenvalue weighted by molar-refractivity contribution is 6.31. The predicted molar refractivity (Wildman–Crippen MR) is 121 cm³/mol. The van der Waals surface area contributed by atoms with Crippen molar-refractivity contribution >= 4 is 46.7 Å². The molecule has 1 heterocycles. The Balaban J connectivity index is 1.41. The van der Waals surface area contributed by atoms with Gasteiger partial charge in [0, 0.05) is 5.02 Å². The lowest BCUT2D eigenvalue weighted by Crippen LogP contribution is -2.31. The molecule has 0 unspecified atom stereocenters. The van der Waals surface area contributed by atoms with Gasteiger partial charge in [0.25, 0.3) is 5.91 Å². The standard InChI is InChI=1S/C24H21ClN2O6/c1-32-20-10-9-15(25)12-19(20)26-21(28)13-33-24(31)14-5-4-6-16(11-14)27-22(29)17-7-2-3-8-18(17)23(27)30/h2-6,9-12,17-18H,7-8,13H2,1H3,(H,26,28)/t17-,18-/m1/s1. The van der Waals surface area contributed by atoms with Gasteiger partial charge in [-0.05, 0) is 49.2 Å². The van der Waals surface area contributed by atoms with E-state index in [0.717, 1.165) is 4.90 Å². The van der Waals surface area contributed by atoms with Crippen LogP contribution >= 0.6 is 11.6 Å². The third-order valence-corrected chi connectivity index (χ3v) is 5.85. The third-order valence-electron chi connectivity index (χ3n) is 5.62. The molecule has 0 radical (unpaired) electrons. The zero-order valence-electron chi connectivity index (χ0n) is 17.7. The quantitative estimate of drug-likeness (QED) is 0.395. The van der Waals surface area contributed by atoms with Gasteiger partial charge in [0.1, 0.15) is 5.75 Å². The number of benzene rings is 2. The summed E-state index contributed by atoms with van der Waals surface area (Å²) < 4.78 is 10.3. The highest BCUT2D eigenvalue weighted by Gasteiger charge is 2.47. The Labute approximate surface area is 195 Å². The Bertz CT molecular complexity index is 1140. The van der Waals surface area contributed by atoms with Gasteiger partial charge in [-0.15, -0.1) is 0 Å². The van der Waals surface area contributed by atoms with Crippen LogP contribution in [0.5, 0.6) is 5.75 Å². The molecule has 33 heavy (non-hydrogen) atoms. The van der Waals surface area contributed by atoms with Gasteiger partial charge in [-0.3, -0.25) is 19.3 Å². The number of carbonyl (C=O) groups is 4.